The standard InChI is InChI=1S/C17H28N2O2S/c1-6-19-9-7-8-16(19)11-18-22(20,21)17-14(4)12(2)10-13(3)15(17)5/h10,16,18H,6-9,11H2,1-5H3/t16-/m0/s1. The second-order valence-corrected chi connectivity index (χ2v) is 8.07. The van der Waals surface area contributed by atoms with Crippen LogP contribution in [0, 0.1) is 27.7 Å². The Bertz CT molecular complexity index is 627. The average Bonchev–Trinajstić information content (AvgIpc) is 2.90. The van der Waals surface area contributed by atoms with Crippen molar-refractivity contribution in [2.24, 2.45) is 0 Å². The van der Waals surface area contributed by atoms with E-state index in [9.17, 15) is 8.42 Å². The lowest BCUT2D eigenvalue weighted by Crippen LogP contribution is -2.40. The SMILES string of the molecule is CCN1CCC[C@H]1CNS(=O)(=O)c1c(C)c(C)cc(C)c1C. The van der Waals surface area contributed by atoms with Crippen molar-refractivity contribution in [3.8, 4) is 0 Å². The first kappa shape index (κ1) is 17.4. The Morgan fingerprint density at radius 3 is 2.32 bits per heavy atom. The van der Waals surface area contributed by atoms with Crippen LogP contribution in [0.15, 0.2) is 11.0 Å². The Hall–Kier alpha value is -0.910. The average molecular weight is 324 g/mol. The predicted molar refractivity (Wildman–Crippen MR) is 90.8 cm³/mol. The van der Waals surface area contributed by atoms with Crippen LogP contribution in [0.4, 0.5) is 0 Å². The van der Waals surface area contributed by atoms with Gasteiger partial charge in [-0.15, -0.1) is 0 Å². The van der Waals surface area contributed by atoms with Crippen LogP contribution in [0.5, 0.6) is 0 Å². The molecule has 0 saturated carbocycles. The fourth-order valence-corrected chi connectivity index (χ4v) is 5.09. The van der Waals surface area contributed by atoms with E-state index in [1.165, 1.54) is 0 Å². The highest BCUT2D eigenvalue weighted by molar-refractivity contribution is 7.89. The summed E-state index contributed by atoms with van der Waals surface area (Å²) in [6.07, 6.45) is 2.23. The number of likely N-dealkylation sites (tertiary alicyclic amines) is 1. The summed E-state index contributed by atoms with van der Waals surface area (Å²) in [5.74, 6) is 0. The van der Waals surface area contributed by atoms with Gasteiger partial charge in [-0.1, -0.05) is 13.0 Å². The maximum absolute atomic E-state index is 12.8. The molecule has 124 valence electrons. The molecule has 4 nitrogen and oxygen atoms in total. The lowest BCUT2D eigenvalue weighted by molar-refractivity contribution is 0.268. The molecule has 22 heavy (non-hydrogen) atoms. The van der Waals surface area contributed by atoms with Crippen LogP contribution in [-0.4, -0.2) is 39.0 Å². The number of nitrogens with one attached hydrogen (secondary N) is 1. The lowest BCUT2D eigenvalue weighted by atomic mass is 10.0. The van der Waals surface area contributed by atoms with E-state index in [1.54, 1.807) is 0 Å². The van der Waals surface area contributed by atoms with Gasteiger partial charge in [0.2, 0.25) is 10.0 Å². The molecule has 0 aromatic heterocycles. The lowest BCUT2D eigenvalue weighted by Gasteiger charge is -2.23. The maximum atomic E-state index is 12.8. The first-order chi connectivity index (χ1) is 10.3. The summed E-state index contributed by atoms with van der Waals surface area (Å²) in [7, 11) is -3.46. The first-order valence-electron chi connectivity index (χ1n) is 8.09. The smallest absolute Gasteiger partial charge is 0.241 e. The quantitative estimate of drug-likeness (QED) is 0.906. The van der Waals surface area contributed by atoms with Crippen molar-refractivity contribution in [3.05, 3.63) is 28.3 Å². The van der Waals surface area contributed by atoms with Crippen molar-refractivity contribution in [2.75, 3.05) is 19.6 Å². The van der Waals surface area contributed by atoms with Gasteiger partial charge >= 0.3 is 0 Å². The second-order valence-electron chi connectivity index (χ2n) is 6.37. The molecule has 5 heteroatoms. The van der Waals surface area contributed by atoms with Crippen LogP contribution < -0.4 is 4.72 Å². The molecular formula is C17H28N2O2S. The van der Waals surface area contributed by atoms with Crippen LogP contribution in [0.25, 0.3) is 0 Å². The Balaban J connectivity index is 2.24. The van der Waals surface area contributed by atoms with Gasteiger partial charge in [-0.05, 0) is 75.9 Å². The third-order valence-corrected chi connectivity index (χ3v) is 6.68. The van der Waals surface area contributed by atoms with Crippen LogP contribution in [0.3, 0.4) is 0 Å². The largest absolute Gasteiger partial charge is 0.299 e. The molecule has 1 N–H and O–H groups in total. The zero-order valence-electron chi connectivity index (χ0n) is 14.4. The molecule has 0 spiro atoms. The maximum Gasteiger partial charge on any atom is 0.241 e. The highest BCUT2D eigenvalue weighted by Gasteiger charge is 2.27. The van der Waals surface area contributed by atoms with E-state index >= 15 is 0 Å². The van der Waals surface area contributed by atoms with Gasteiger partial charge in [0.25, 0.3) is 0 Å². The second kappa shape index (κ2) is 6.69. The minimum absolute atomic E-state index is 0.325. The van der Waals surface area contributed by atoms with Crippen molar-refractivity contribution in [2.45, 2.75) is 58.4 Å². The number of rotatable bonds is 5. The number of hydrogen-bond acceptors (Lipinski definition) is 3. The van der Waals surface area contributed by atoms with E-state index in [1.807, 2.05) is 27.7 Å². The molecule has 0 bridgehead atoms. The number of nitrogens with zero attached hydrogens (tertiary/aromatic N) is 1. The fraction of sp³-hybridized carbons (Fsp3) is 0.647. The summed E-state index contributed by atoms with van der Waals surface area (Å²) >= 11 is 0. The van der Waals surface area contributed by atoms with Gasteiger partial charge in [0.15, 0.2) is 0 Å². The number of likely N-dealkylation sites (N-methyl/N-ethyl adjacent to an activating group) is 1. The zero-order chi connectivity index (χ0) is 16.5. The molecule has 1 aromatic carbocycles. The molecular weight excluding hydrogens is 296 g/mol. The van der Waals surface area contributed by atoms with Gasteiger partial charge in [0.1, 0.15) is 0 Å². The molecule has 1 atom stereocenters. The minimum Gasteiger partial charge on any atom is -0.299 e. The number of aryl methyl sites for hydroxylation is 2. The monoisotopic (exact) mass is 324 g/mol. The zero-order valence-corrected chi connectivity index (χ0v) is 15.2. The Kier molecular flexibility index (Phi) is 5.30. The van der Waals surface area contributed by atoms with Gasteiger partial charge in [-0.25, -0.2) is 13.1 Å². The van der Waals surface area contributed by atoms with E-state index in [0.717, 1.165) is 48.2 Å². The summed E-state index contributed by atoms with van der Waals surface area (Å²) < 4.78 is 28.4. The number of benzene rings is 1. The Labute approximate surface area is 135 Å². The predicted octanol–water partition coefficient (Wildman–Crippen LogP) is 2.68. The van der Waals surface area contributed by atoms with Crippen LogP contribution in [0.1, 0.15) is 42.0 Å². The molecule has 0 amide bonds. The first-order valence-corrected chi connectivity index (χ1v) is 9.57. The fourth-order valence-electron chi connectivity index (χ4n) is 3.40. The Morgan fingerprint density at radius 1 is 1.18 bits per heavy atom. The molecule has 1 aliphatic heterocycles. The molecule has 1 aromatic rings. The molecule has 1 aliphatic rings. The van der Waals surface area contributed by atoms with Crippen molar-refractivity contribution >= 4 is 10.0 Å². The minimum atomic E-state index is -3.46. The van der Waals surface area contributed by atoms with Crippen molar-refractivity contribution in [3.63, 3.8) is 0 Å². The molecule has 1 fully saturated rings. The topological polar surface area (TPSA) is 49.4 Å². The van der Waals surface area contributed by atoms with Gasteiger partial charge < -0.3 is 0 Å². The molecule has 1 heterocycles. The van der Waals surface area contributed by atoms with Gasteiger partial charge in [-0.3, -0.25) is 4.90 Å². The molecule has 2 rings (SSSR count). The molecule has 0 unspecified atom stereocenters. The summed E-state index contributed by atoms with van der Waals surface area (Å²) in [6.45, 7) is 12.4. The van der Waals surface area contributed by atoms with Crippen molar-refractivity contribution in [1.29, 1.82) is 0 Å². The number of hydrogen-bond donors (Lipinski definition) is 1. The van der Waals surface area contributed by atoms with Gasteiger partial charge in [0.05, 0.1) is 4.90 Å². The molecule has 1 saturated heterocycles. The van der Waals surface area contributed by atoms with Crippen LogP contribution in [-0.2, 0) is 10.0 Å². The van der Waals surface area contributed by atoms with Gasteiger partial charge in [-0.2, -0.15) is 0 Å². The van der Waals surface area contributed by atoms with Crippen LogP contribution >= 0.6 is 0 Å². The van der Waals surface area contributed by atoms with Gasteiger partial charge in [0, 0.05) is 12.6 Å². The summed E-state index contributed by atoms with van der Waals surface area (Å²) in [4.78, 5) is 2.81. The normalized spacial score (nSPS) is 19.8. The van der Waals surface area contributed by atoms with Crippen molar-refractivity contribution < 1.29 is 8.42 Å². The third-order valence-electron chi connectivity index (χ3n) is 4.98. The van der Waals surface area contributed by atoms with Crippen LogP contribution in [0.2, 0.25) is 0 Å². The molecule has 0 radical (unpaired) electrons. The van der Waals surface area contributed by atoms with Crippen molar-refractivity contribution in [1.82, 2.24) is 9.62 Å². The summed E-state index contributed by atoms with van der Waals surface area (Å²) in [6, 6.07) is 2.38. The van der Waals surface area contributed by atoms with E-state index in [-0.39, 0.29) is 0 Å². The summed E-state index contributed by atoms with van der Waals surface area (Å²) in [5.41, 5.74) is 3.77. The highest BCUT2D eigenvalue weighted by Crippen LogP contribution is 2.26. The van der Waals surface area contributed by atoms with E-state index in [2.05, 4.69) is 22.6 Å². The Morgan fingerprint density at radius 2 is 1.77 bits per heavy atom. The molecule has 0 aliphatic carbocycles. The third kappa shape index (κ3) is 3.36. The summed E-state index contributed by atoms with van der Waals surface area (Å²) in [5, 5.41) is 0. The number of sulfonamides is 1. The van der Waals surface area contributed by atoms with E-state index < -0.39 is 10.0 Å². The highest BCUT2D eigenvalue weighted by atomic mass is 32.2. The van der Waals surface area contributed by atoms with E-state index in [4.69, 9.17) is 0 Å². The van der Waals surface area contributed by atoms with E-state index in [0.29, 0.717) is 17.5 Å².